The van der Waals surface area contributed by atoms with E-state index >= 15 is 0 Å². The summed E-state index contributed by atoms with van der Waals surface area (Å²) >= 11 is 7.37. The zero-order valence-corrected chi connectivity index (χ0v) is 17.4. The zero-order chi connectivity index (χ0) is 20.1. The van der Waals surface area contributed by atoms with Crippen LogP contribution in [0.1, 0.15) is 12.1 Å². The molecule has 1 aliphatic rings. The van der Waals surface area contributed by atoms with Crippen molar-refractivity contribution >= 4 is 44.8 Å². The van der Waals surface area contributed by atoms with Gasteiger partial charge in [0.05, 0.1) is 17.6 Å². The first-order valence-electron chi connectivity index (χ1n) is 9.18. The molecule has 29 heavy (non-hydrogen) atoms. The van der Waals surface area contributed by atoms with Gasteiger partial charge in [-0.3, -0.25) is 14.4 Å². The third-order valence-electron chi connectivity index (χ3n) is 4.94. The Balaban J connectivity index is 1.33. The van der Waals surface area contributed by atoms with E-state index in [1.807, 2.05) is 50.5 Å². The number of rotatable bonds is 4. The molecule has 1 atom stereocenters. The second-order valence-electron chi connectivity index (χ2n) is 7.01. The van der Waals surface area contributed by atoms with Gasteiger partial charge >= 0.3 is 0 Å². The van der Waals surface area contributed by atoms with Gasteiger partial charge in [0.25, 0.3) is 5.91 Å². The van der Waals surface area contributed by atoms with Crippen molar-refractivity contribution in [2.75, 3.05) is 16.8 Å². The largest absolute Gasteiger partial charge is 0.348 e. The number of aryl methyl sites for hydroxylation is 2. The van der Waals surface area contributed by atoms with E-state index in [4.69, 9.17) is 11.6 Å². The second-order valence-corrected chi connectivity index (χ2v) is 8.40. The summed E-state index contributed by atoms with van der Waals surface area (Å²) in [6.07, 6.45) is 2.59. The minimum Gasteiger partial charge on any atom is -0.348 e. The average molecular weight is 428 g/mol. The number of halogens is 1. The highest BCUT2D eigenvalue weighted by Gasteiger charge is 2.34. The second kappa shape index (κ2) is 6.85. The smallest absolute Gasteiger partial charge is 0.250 e. The molecular weight excluding hydrogens is 410 g/mol. The fourth-order valence-corrected chi connectivity index (χ4v) is 4.52. The Morgan fingerprint density at radius 3 is 2.72 bits per heavy atom. The molecule has 0 spiro atoms. The molecule has 3 aromatic heterocycles. The maximum Gasteiger partial charge on any atom is 0.250 e. The first-order valence-corrected chi connectivity index (χ1v) is 10.4. The first kappa shape index (κ1) is 18.1. The summed E-state index contributed by atoms with van der Waals surface area (Å²) in [5.74, 6) is 0.848. The Morgan fingerprint density at radius 2 is 2.03 bits per heavy atom. The number of hydrogen-bond acceptors (Lipinski definition) is 6. The minimum absolute atomic E-state index is 0.0303. The van der Waals surface area contributed by atoms with Crippen molar-refractivity contribution in [2.24, 2.45) is 7.05 Å². The fraction of sp³-hybridized carbons (Fsp3) is 0.263. The molecule has 4 heterocycles. The quantitative estimate of drug-likeness (QED) is 0.540. The Hall–Kier alpha value is -2.91. The molecule has 1 N–H and O–H groups in total. The van der Waals surface area contributed by atoms with Crippen LogP contribution >= 0.6 is 22.9 Å². The van der Waals surface area contributed by atoms with Gasteiger partial charge in [-0.15, -0.1) is 5.10 Å². The highest BCUT2D eigenvalue weighted by molar-refractivity contribution is 7.20. The number of aromatic nitrogens is 5. The van der Waals surface area contributed by atoms with Gasteiger partial charge in [-0.1, -0.05) is 35.1 Å². The summed E-state index contributed by atoms with van der Waals surface area (Å²) in [4.78, 5) is 20.0. The van der Waals surface area contributed by atoms with Gasteiger partial charge in [-0.25, -0.2) is 9.50 Å². The van der Waals surface area contributed by atoms with Crippen molar-refractivity contribution in [1.82, 2.24) is 24.4 Å². The zero-order valence-electron chi connectivity index (χ0n) is 15.8. The van der Waals surface area contributed by atoms with Crippen LogP contribution in [0.2, 0.25) is 5.02 Å². The summed E-state index contributed by atoms with van der Waals surface area (Å²) in [5.41, 5.74) is 2.71. The van der Waals surface area contributed by atoms with Crippen LogP contribution in [0.3, 0.4) is 0 Å². The Bertz CT molecular complexity index is 1180. The molecule has 1 aliphatic heterocycles. The number of hydrogen-bond donors (Lipinski definition) is 1. The number of nitrogens with zero attached hydrogens (tertiary/aromatic N) is 6. The third kappa shape index (κ3) is 3.26. The van der Waals surface area contributed by atoms with E-state index < -0.39 is 0 Å². The summed E-state index contributed by atoms with van der Waals surface area (Å²) in [5, 5.41) is 13.5. The lowest BCUT2D eigenvalue weighted by atomic mass is 10.2. The van der Waals surface area contributed by atoms with Crippen molar-refractivity contribution in [3.05, 3.63) is 47.2 Å². The van der Waals surface area contributed by atoms with E-state index in [9.17, 15) is 4.79 Å². The topological polar surface area (TPSA) is 80.4 Å². The Kier molecular flexibility index (Phi) is 4.29. The lowest BCUT2D eigenvalue weighted by Crippen LogP contribution is -2.34. The molecule has 1 saturated heterocycles. The number of anilines is 2. The van der Waals surface area contributed by atoms with E-state index in [0.29, 0.717) is 23.1 Å². The van der Waals surface area contributed by atoms with Crippen LogP contribution in [0.25, 0.3) is 16.2 Å². The molecule has 1 amide bonds. The summed E-state index contributed by atoms with van der Waals surface area (Å²) in [6, 6.07) is 9.16. The van der Waals surface area contributed by atoms with Crippen molar-refractivity contribution in [3.8, 4) is 11.3 Å². The van der Waals surface area contributed by atoms with Gasteiger partial charge in [-0.05, 0) is 25.5 Å². The van der Waals surface area contributed by atoms with E-state index in [0.717, 1.165) is 27.7 Å². The van der Waals surface area contributed by atoms with Crippen molar-refractivity contribution in [2.45, 2.75) is 19.4 Å². The molecule has 4 aromatic rings. The third-order valence-corrected chi connectivity index (χ3v) is 6.05. The van der Waals surface area contributed by atoms with Crippen LogP contribution < -0.4 is 10.2 Å². The number of carbonyl (C=O) groups excluding carboxylic acids is 1. The molecule has 0 saturated carbocycles. The molecule has 0 aliphatic carbocycles. The number of nitrogens with one attached hydrogen (secondary N) is 1. The van der Waals surface area contributed by atoms with Crippen molar-refractivity contribution < 1.29 is 4.79 Å². The molecule has 1 aromatic carbocycles. The molecule has 5 rings (SSSR count). The van der Waals surface area contributed by atoms with Crippen LogP contribution in [0.15, 0.2) is 36.5 Å². The minimum atomic E-state index is -0.309. The standard InChI is InChI=1S/C19H18ClN7OS/c1-11-9-16(25(2)23-11)26-8-7-14(17(26)28)21-18-24-27-10-15(22-19(27)29-18)12-3-5-13(20)6-4-12/h3-6,9-10,14H,7-8H2,1-2H3,(H,21,24). The number of amides is 1. The van der Waals surface area contributed by atoms with Gasteiger partial charge in [-0.2, -0.15) is 5.10 Å². The Morgan fingerprint density at radius 1 is 1.24 bits per heavy atom. The van der Waals surface area contributed by atoms with Crippen LogP contribution in [-0.2, 0) is 11.8 Å². The molecule has 8 nitrogen and oxygen atoms in total. The molecule has 0 bridgehead atoms. The summed E-state index contributed by atoms with van der Waals surface area (Å²) in [7, 11) is 1.85. The van der Waals surface area contributed by atoms with Gasteiger partial charge in [0.15, 0.2) is 0 Å². The SMILES string of the molecule is Cc1cc(N2CCC(Nc3nn4cc(-c5ccc(Cl)cc5)nc4s3)C2=O)n(C)n1. The molecular formula is C19H18ClN7OS. The van der Waals surface area contributed by atoms with Gasteiger partial charge in [0, 0.05) is 30.2 Å². The average Bonchev–Trinajstić information content (AvgIpc) is 3.41. The van der Waals surface area contributed by atoms with Gasteiger partial charge in [0.1, 0.15) is 11.9 Å². The molecule has 148 valence electrons. The maximum atomic E-state index is 12.9. The molecule has 0 radical (unpaired) electrons. The van der Waals surface area contributed by atoms with Gasteiger partial charge < -0.3 is 5.32 Å². The van der Waals surface area contributed by atoms with Crippen LogP contribution in [0, 0.1) is 6.92 Å². The Labute approximate surface area is 175 Å². The van der Waals surface area contributed by atoms with Crippen LogP contribution in [0.5, 0.6) is 0 Å². The van der Waals surface area contributed by atoms with E-state index in [1.165, 1.54) is 11.3 Å². The monoisotopic (exact) mass is 427 g/mol. The van der Waals surface area contributed by atoms with Crippen LogP contribution in [0.4, 0.5) is 10.9 Å². The number of imidazole rings is 1. The van der Waals surface area contributed by atoms with Crippen molar-refractivity contribution in [1.29, 1.82) is 0 Å². The normalized spacial score (nSPS) is 16.9. The lowest BCUT2D eigenvalue weighted by molar-refractivity contribution is -0.117. The number of benzene rings is 1. The van der Waals surface area contributed by atoms with E-state index in [-0.39, 0.29) is 11.9 Å². The van der Waals surface area contributed by atoms with E-state index in [1.54, 1.807) is 14.1 Å². The first-order chi connectivity index (χ1) is 14.0. The van der Waals surface area contributed by atoms with Crippen molar-refractivity contribution in [3.63, 3.8) is 0 Å². The molecule has 1 fully saturated rings. The van der Waals surface area contributed by atoms with Crippen LogP contribution in [-0.4, -0.2) is 42.9 Å². The number of fused-ring (bicyclic) bond motifs is 1. The predicted octanol–water partition coefficient (Wildman–Crippen LogP) is 3.37. The molecule has 10 heteroatoms. The lowest BCUT2D eigenvalue weighted by Gasteiger charge is -2.16. The van der Waals surface area contributed by atoms with Gasteiger partial charge in [0.2, 0.25) is 10.1 Å². The predicted molar refractivity (Wildman–Crippen MR) is 114 cm³/mol. The number of carbonyl (C=O) groups is 1. The highest BCUT2D eigenvalue weighted by Crippen LogP contribution is 2.28. The van der Waals surface area contributed by atoms with E-state index in [2.05, 4.69) is 20.5 Å². The molecule has 1 unspecified atom stereocenters. The maximum absolute atomic E-state index is 12.9. The highest BCUT2D eigenvalue weighted by atomic mass is 35.5. The summed E-state index contributed by atoms with van der Waals surface area (Å²) < 4.78 is 3.48. The summed E-state index contributed by atoms with van der Waals surface area (Å²) in [6.45, 7) is 2.57. The fourth-order valence-electron chi connectivity index (χ4n) is 3.56.